The van der Waals surface area contributed by atoms with Crippen LogP contribution in [0.15, 0.2) is 97.1 Å². The van der Waals surface area contributed by atoms with Crippen molar-refractivity contribution >= 4 is 27.7 Å². The van der Waals surface area contributed by atoms with Gasteiger partial charge in [0.1, 0.15) is 11.5 Å². The summed E-state index contributed by atoms with van der Waals surface area (Å²) in [5.41, 5.74) is 1.62. The minimum atomic E-state index is -1.65. The number of hydrogen-bond acceptors (Lipinski definition) is 3. The molecule has 1 N–H and O–H groups in total. The number of anilines is 1. The van der Waals surface area contributed by atoms with E-state index < -0.39 is 11.3 Å². The first-order chi connectivity index (χ1) is 13.8. The Labute approximate surface area is 166 Å². The van der Waals surface area contributed by atoms with Crippen LogP contribution in [0.4, 0.5) is 5.69 Å². The van der Waals surface area contributed by atoms with Crippen LogP contribution < -0.4 is 9.46 Å². The Balaban J connectivity index is 1.43. The van der Waals surface area contributed by atoms with Gasteiger partial charge in [-0.05, 0) is 29.1 Å². The molecule has 1 atom stereocenters. The Morgan fingerprint density at radius 2 is 1.54 bits per heavy atom. The zero-order valence-electron chi connectivity index (χ0n) is 15.1. The summed E-state index contributed by atoms with van der Waals surface area (Å²) >= 11 is -1.65. The summed E-state index contributed by atoms with van der Waals surface area (Å²) in [4.78, 5) is 0. The van der Waals surface area contributed by atoms with Crippen LogP contribution in [0.1, 0.15) is 5.56 Å². The number of hydrogen-bond donors (Lipinski definition) is 1. The first-order valence-corrected chi connectivity index (χ1v) is 9.97. The summed E-state index contributed by atoms with van der Waals surface area (Å²) in [6.45, 7) is 0.270. The molecule has 0 aliphatic heterocycles. The lowest BCUT2D eigenvalue weighted by atomic mass is 10.1. The van der Waals surface area contributed by atoms with E-state index in [0.29, 0.717) is 11.4 Å². The number of ether oxygens (including phenoxy) is 1. The molecule has 4 aromatic carbocycles. The van der Waals surface area contributed by atoms with Gasteiger partial charge in [0.2, 0.25) is 0 Å². The smallest absolute Gasteiger partial charge is 0.262 e. The third kappa shape index (κ3) is 4.57. The van der Waals surface area contributed by atoms with Gasteiger partial charge in [0.05, 0.1) is 12.3 Å². The SMILES string of the molecule is O=S(Nc1cccc(Oc2cccc3ccccc23)c1)OCc1ccccc1. The summed E-state index contributed by atoms with van der Waals surface area (Å²) in [5.74, 6) is 1.43. The van der Waals surface area contributed by atoms with Gasteiger partial charge < -0.3 is 4.74 Å². The molecule has 5 heteroatoms. The molecule has 0 aromatic heterocycles. The molecule has 0 saturated heterocycles. The van der Waals surface area contributed by atoms with E-state index in [9.17, 15) is 4.21 Å². The molecule has 0 bridgehead atoms. The average Bonchev–Trinajstić information content (AvgIpc) is 2.74. The minimum absolute atomic E-state index is 0.270. The van der Waals surface area contributed by atoms with Crippen LogP contribution in [0.2, 0.25) is 0 Å². The zero-order chi connectivity index (χ0) is 19.2. The van der Waals surface area contributed by atoms with E-state index >= 15 is 0 Å². The van der Waals surface area contributed by atoms with Gasteiger partial charge in [-0.1, -0.05) is 72.8 Å². The Morgan fingerprint density at radius 1 is 0.786 bits per heavy atom. The third-order valence-corrected chi connectivity index (χ3v) is 4.92. The fourth-order valence-corrected chi connectivity index (χ4v) is 3.48. The van der Waals surface area contributed by atoms with Crippen molar-refractivity contribution in [1.29, 1.82) is 0 Å². The van der Waals surface area contributed by atoms with Crippen LogP contribution in [-0.2, 0) is 22.1 Å². The summed E-state index contributed by atoms with van der Waals surface area (Å²) in [5, 5.41) is 2.16. The number of fused-ring (bicyclic) bond motifs is 1. The highest BCUT2D eigenvalue weighted by molar-refractivity contribution is 7.81. The average molecular weight is 389 g/mol. The predicted molar refractivity (Wildman–Crippen MR) is 113 cm³/mol. The standard InChI is InChI=1S/C23H19NO3S/c25-28(26-17-18-8-2-1-3-9-18)24-20-12-7-13-21(16-20)27-23-15-6-11-19-10-4-5-14-22(19)23/h1-16,24H,17H2. The Bertz CT molecular complexity index is 1090. The fraction of sp³-hybridized carbons (Fsp3) is 0.0435. The molecule has 1 unspecified atom stereocenters. The molecule has 0 spiro atoms. The van der Waals surface area contributed by atoms with Crippen molar-refractivity contribution in [2.45, 2.75) is 6.61 Å². The molecule has 0 amide bonds. The molecule has 4 rings (SSSR count). The second kappa shape index (κ2) is 8.69. The molecule has 4 aromatic rings. The summed E-state index contributed by atoms with van der Waals surface area (Å²) in [7, 11) is 0. The van der Waals surface area contributed by atoms with Crippen molar-refractivity contribution in [3.8, 4) is 11.5 Å². The fourth-order valence-electron chi connectivity index (χ4n) is 2.86. The highest BCUT2D eigenvalue weighted by Gasteiger charge is 2.06. The van der Waals surface area contributed by atoms with Crippen molar-refractivity contribution < 1.29 is 13.1 Å². The molecular weight excluding hydrogens is 370 g/mol. The van der Waals surface area contributed by atoms with E-state index in [-0.39, 0.29) is 6.61 Å². The van der Waals surface area contributed by atoms with Gasteiger partial charge in [0, 0.05) is 11.5 Å². The zero-order valence-corrected chi connectivity index (χ0v) is 15.9. The summed E-state index contributed by atoms with van der Waals surface area (Å²) < 4.78 is 26.4. The van der Waals surface area contributed by atoms with Crippen LogP contribution in [0.5, 0.6) is 11.5 Å². The molecule has 0 aliphatic carbocycles. The van der Waals surface area contributed by atoms with Gasteiger partial charge in [-0.15, -0.1) is 0 Å². The predicted octanol–water partition coefficient (Wildman–Crippen LogP) is 5.84. The molecule has 0 fully saturated rings. The topological polar surface area (TPSA) is 47.6 Å². The van der Waals surface area contributed by atoms with E-state index in [2.05, 4.69) is 4.72 Å². The number of rotatable bonds is 7. The van der Waals surface area contributed by atoms with E-state index in [4.69, 9.17) is 8.92 Å². The van der Waals surface area contributed by atoms with Gasteiger partial charge >= 0.3 is 0 Å². The lowest BCUT2D eigenvalue weighted by Gasteiger charge is -2.11. The van der Waals surface area contributed by atoms with Crippen LogP contribution in [0, 0.1) is 0 Å². The maximum atomic E-state index is 12.2. The number of benzene rings is 4. The maximum Gasteiger partial charge on any atom is 0.262 e. The molecule has 0 heterocycles. The molecule has 28 heavy (non-hydrogen) atoms. The van der Waals surface area contributed by atoms with Gasteiger partial charge in [-0.3, -0.25) is 8.91 Å². The van der Waals surface area contributed by atoms with E-state index in [0.717, 1.165) is 22.1 Å². The van der Waals surface area contributed by atoms with Gasteiger partial charge in [0.25, 0.3) is 11.3 Å². The molecule has 0 radical (unpaired) electrons. The highest BCUT2D eigenvalue weighted by Crippen LogP contribution is 2.30. The van der Waals surface area contributed by atoms with E-state index in [1.165, 1.54) is 0 Å². The lowest BCUT2D eigenvalue weighted by molar-refractivity contribution is 0.340. The Morgan fingerprint density at radius 3 is 2.43 bits per heavy atom. The van der Waals surface area contributed by atoms with Crippen molar-refractivity contribution in [2.75, 3.05) is 4.72 Å². The molecule has 140 valence electrons. The maximum absolute atomic E-state index is 12.2. The van der Waals surface area contributed by atoms with Gasteiger partial charge in [-0.2, -0.15) is 0 Å². The molecular formula is C23H19NO3S. The van der Waals surface area contributed by atoms with Crippen LogP contribution in [0.25, 0.3) is 10.8 Å². The van der Waals surface area contributed by atoms with Crippen LogP contribution >= 0.6 is 0 Å². The van der Waals surface area contributed by atoms with Crippen LogP contribution in [-0.4, -0.2) is 4.21 Å². The van der Waals surface area contributed by atoms with Crippen molar-refractivity contribution in [1.82, 2.24) is 0 Å². The first kappa shape index (κ1) is 18.2. The van der Waals surface area contributed by atoms with Gasteiger partial charge in [-0.25, -0.2) is 4.21 Å². The number of nitrogens with one attached hydrogen (secondary N) is 1. The van der Waals surface area contributed by atoms with E-state index in [1.54, 1.807) is 6.07 Å². The Kier molecular flexibility index (Phi) is 5.66. The lowest BCUT2D eigenvalue weighted by Crippen LogP contribution is -2.08. The quantitative estimate of drug-likeness (QED) is 0.432. The molecule has 0 saturated carbocycles. The molecule has 0 aliphatic rings. The highest BCUT2D eigenvalue weighted by atomic mass is 32.2. The normalized spacial score (nSPS) is 11.9. The monoisotopic (exact) mass is 389 g/mol. The first-order valence-electron chi connectivity index (χ1n) is 8.89. The summed E-state index contributed by atoms with van der Waals surface area (Å²) in [6, 6.07) is 31.0. The van der Waals surface area contributed by atoms with E-state index in [1.807, 2.05) is 91.0 Å². The van der Waals surface area contributed by atoms with Crippen LogP contribution in [0.3, 0.4) is 0 Å². The third-order valence-electron chi connectivity index (χ3n) is 4.19. The van der Waals surface area contributed by atoms with Crippen molar-refractivity contribution in [2.24, 2.45) is 0 Å². The summed E-state index contributed by atoms with van der Waals surface area (Å²) in [6.07, 6.45) is 0. The van der Waals surface area contributed by atoms with Gasteiger partial charge in [0.15, 0.2) is 0 Å². The Hall–Kier alpha value is -3.15. The largest absolute Gasteiger partial charge is 0.457 e. The minimum Gasteiger partial charge on any atom is -0.457 e. The second-order valence-corrected chi connectivity index (χ2v) is 7.10. The van der Waals surface area contributed by atoms with Crippen molar-refractivity contribution in [3.05, 3.63) is 103 Å². The van der Waals surface area contributed by atoms with Crippen molar-refractivity contribution in [3.63, 3.8) is 0 Å². The molecule has 4 nitrogen and oxygen atoms in total. The second-order valence-electron chi connectivity index (χ2n) is 6.19.